The van der Waals surface area contributed by atoms with Crippen molar-refractivity contribution >= 4 is 8.58 Å². The summed E-state index contributed by atoms with van der Waals surface area (Å²) < 4.78 is 0. The number of nitrogens with two attached hydrogens (primary N) is 2. The summed E-state index contributed by atoms with van der Waals surface area (Å²) in [6.45, 7) is 0.525. The van der Waals surface area contributed by atoms with Gasteiger partial charge in [-0.25, -0.2) is 0 Å². The first kappa shape index (κ1) is 7.52. The fraction of sp³-hybridized carbons (Fsp3) is 0.143. The first-order valence-corrected chi connectivity index (χ1v) is 4.28. The standard InChI is InChI=1S/C7H11N2P/c8-4-6-2-1-3-10-5-7(6)9/h1-3,5,10H,4,8-9H2. The zero-order valence-electron chi connectivity index (χ0n) is 5.67. The minimum Gasteiger partial charge on any atom is -0.398 e. The van der Waals surface area contributed by atoms with E-state index in [2.05, 4.69) is 5.82 Å². The third-order valence-electron chi connectivity index (χ3n) is 1.32. The van der Waals surface area contributed by atoms with E-state index >= 15 is 0 Å². The van der Waals surface area contributed by atoms with Gasteiger partial charge in [0.05, 0.1) is 0 Å². The molecule has 0 amide bonds. The van der Waals surface area contributed by atoms with Crippen molar-refractivity contribution in [3.05, 3.63) is 35.1 Å². The Hall–Kier alpha value is -0.590. The lowest BCUT2D eigenvalue weighted by molar-refractivity contribution is 1.13. The van der Waals surface area contributed by atoms with Gasteiger partial charge in [-0.3, -0.25) is 0 Å². The maximum absolute atomic E-state index is 5.67. The smallest absolute Gasteiger partial charge is 0.0364 e. The number of hydrogen-bond donors (Lipinski definition) is 2. The van der Waals surface area contributed by atoms with Crippen molar-refractivity contribution in [3.63, 3.8) is 0 Å². The second kappa shape index (κ2) is 3.55. The van der Waals surface area contributed by atoms with Crippen molar-refractivity contribution < 1.29 is 0 Å². The van der Waals surface area contributed by atoms with Crippen molar-refractivity contribution in [2.24, 2.45) is 11.5 Å². The molecule has 0 aromatic rings. The summed E-state index contributed by atoms with van der Waals surface area (Å²) in [6.07, 6.45) is 3.96. The molecule has 4 N–H and O–H groups in total. The Morgan fingerprint density at radius 1 is 1.50 bits per heavy atom. The van der Waals surface area contributed by atoms with Crippen LogP contribution in [0.15, 0.2) is 35.1 Å². The minimum atomic E-state index is 0.525. The number of allylic oxidation sites excluding steroid dienone is 2. The van der Waals surface area contributed by atoms with E-state index in [1.807, 2.05) is 18.0 Å². The first-order valence-electron chi connectivity index (χ1n) is 3.12. The minimum absolute atomic E-state index is 0.525. The molecule has 0 saturated carbocycles. The van der Waals surface area contributed by atoms with Gasteiger partial charge in [0.15, 0.2) is 0 Å². The summed E-state index contributed by atoms with van der Waals surface area (Å²) in [6, 6.07) is 0. The lowest BCUT2D eigenvalue weighted by Gasteiger charge is -2.00. The Kier molecular flexibility index (Phi) is 2.67. The summed E-state index contributed by atoms with van der Waals surface area (Å²) in [7, 11) is 0.689. The molecular weight excluding hydrogens is 143 g/mol. The summed E-state index contributed by atoms with van der Waals surface area (Å²) in [5.74, 6) is 4.08. The Bertz CT molecular complexity index is 204. The van der Waals surface area contributed by atoms with Crippen LogP contribution < -0.4 is 11.5 Å². The van der Waals surface area contributed by atoms with E-state index in [1.54, 1.807) is 0 Å². The quantitative estimate of drug-likeness (QED) is 0.551. The van der Waals surface area contributed by atoms with Crippen LogP contribution in [-0.4, -0.2) is 6.54 Å². The molecule has 0 aliphatic carbocycles. The monoisotopic (exact) mass is 154 g/mol. The van der Waals surface area contributed by atoms with E-state index in [0.29, 0.717) is 15.1 Å². The third-order valence-corrected chi connectivity index (χ3v) is 2.18. The fourth-order valence-electron chi connectivity index (χ4n) is 0.733. The molecule has 1 unspecified atom stereocenters. The largest absolute Gasteiger partial charge is 0.398 e. The molecule has 0 aromatic carbocycles. The van der Waals surface area contributed by atoms with Crippen LogP contribution in [0.3, 0.4) is 0 Å². The normalized spacial score (nSPS) is 20.1. The van der Waals surface area contributed by atoms with Crippen LogP contribution in [0.1, 0.15) is 0 Å². The molecule has 10 heavy (non-hydrogen) atoms. The maximum atomic E-state index is 5.67. The van der Waals surface area contributed by atoms with Gasteiger partial charge < -0.3 is 11.5 Å². The maximum Gasteiger partial charge on any atom is 0.0364 e. The van der Waals surface area contributed by atoms with Crippen molar-refractivity contribution in [3.8, 4) is 0 Å². The SMILES string of the molecule is NCC1=CC=CPC=C1N. The van der Waals surface area contributed by atoms with Gasteiger partial charge in [0.25, 0.3) is 0 Å². The molecule has 0 radical (unpaired) electrons. The van der Waals surface area contributed by atoms with Crippen molar-refractivity contribution in [1.82, 2.24) is 0 Å². The second-order valence-electron chi connectivity index (χ2n) is 2.02. The molecule has 1 atom stereocenters. The topological polar surface area (TPSA) is 52.0 Å². The van der Waals surface area contributed by atoms with Gasteiger partial charge in [0, 0.05) is 12.2 Å². The first-order chi connectivity index (χ1) is 4.84. The molecule has 1 rings (SSSR count). The molecule has 0 spiro atoms. The van der Waals surface area contributed by atoms with Crippen LogP contribution in [0.25, 0.3) is 0 Å². The lowest BCUT2D eigenvalue weighted by Crippen LogP contribution is -2.10. The van der Waals surface area contributed by atoms with Crippen LogP contribution in [0.4, 0.5) is 0 Å². The van der Waals surface area contributed by atoms with E-state index in [9.17, 15) is 0 Å². The van der Waals surface area contributed by atoms with E-state index in [4.69, 9.17) is 11.5 Å². The van der Waals surface area contributed by atoms with Crippen LogP contribution in [0, 0.1) is 0 Å². The lowest BCUT2D eigenvalue weighted by atomic mass is 10.2. The molecular formula is C7H11N2P. The summed E-state index contributed by atoms with van der Waals surface area (Å²) in [4.78, 5) is 0. The number of hydrogen-bond acceptors (Lipinski definition) is 2. The molecule has 1 aliphatic rings. The second-order valence-corrected chi connectivity index (χ2v) is 2.98. The molecule has 0 bridgehead atoms. The molecule has 1 heterocycles. The van der Waals surface area contributed by atoms with Crippen LogP contribution in [-0.2, 0) is 0 Å². The zero-order valence-corrected chi connectivity index (χ0v) is 6.67. The molecule has 0 fully saturated rings. The highest BCUT2D eigenvalue weighted by Crippen LogP contribution is 2.20. The fourth-order valence-corrected chi connectivity index (χ4v) is 1.40. The van der Waals surface area contributed by atoms with Gasteiger partial charge in [-0.15, -0.1) is 0 Å². The molecule has 3 heteroatoms. The molecule has 0 aromatic heterocycles. The van der Waals surface area contributed by atoms with Gasteiger partial charge in [-0.1, -0.05) is 26.5 Å². The van der Waals surface area contributed by atoms with E-state index in [-0.39, 0.29) is 0 Å². The van der Waals surface area contributed by atoms with Gasteiger partial charge >= 0.3 is 0 Å². The molecule has 1 aliphatic heterocycles. The van der Waals surface area contributed by atoms with Crippen LogP contribution in [0.5, 0.6) is 0 Å². The predicted octanol–water partition coefficient (Wildman–Crippen LogP) is 0.877. The number of rotatable bonds is 1. The highest BCUT2D eigenvalue weighted by atomic mass is 31.1. The highest BCUT2D eigenvalue weighted by Gasteiger charge is 1.97. The van der Waals surface area contributed by atoms with E-state index in [0.717, 1.165) is 11.3 Å². The van der Waals surface area contributed by atoms with E-state index in [1.165, 1.54) is 0 Å². The predicted molar refractivity (Wildman–Crippen MR) is 46.9 cm³/mol. The van der Waals surface area contributed by atoms with Gasteiger partial charge in [0.2, 0.25) is 0 Å². The average molecular weight is 154 g/mol. The Morgan fingerprint density at radius 2 is 2.30 bits per heavy atom. The Morgan fingerprint density at radius 3 is 3.00 bits per heavy atom. The van der Waals surface area contributed by atoms with Gasteiger partial charge in [-0.2, -0.15) is 0 Å². The summed E-state index contributed by atoms with van der Waals surface area (Å²) in [5, 5.41) is 0. The van der Waals surface area contributed by atoms with Gasteiger partial charge in [0.1, 0.15) is 0 Å². The molecule has 0 saturated heterocycles. The highest BCUT2D eigenvalue weighted by molar-refractivity contribution is 7.45. The molecule has 54 valence electrons. The van der Waals surface area contributed by atoms with Crippen LogP contribution in [0.2, 0.25) is 0 Å². The summed E-state index contributed by atoms with van der Waals surface area (Å²) in [5.41, 5.74) is 13.0. The van der Waals surface area contributed by atoms with Crippen molar-refractivity contribution in [2.45, 2.75) is 0 Å². The van der Waals surface area contributed by atoms with Crippen molar-refractivity contribution in [1.29, 1.82) is 0 Å². The van der Waals surface area contributed by atoms with Gasteiger partial charge in [-0.05, 0) is 11.4 Å². The average Bonchev–Trinajstić information content (AvgIpc) is 2.13. The third kappa shape index (κ3) is 1.69. The summed E-state index contributed by atoms with van der Waals surface area (Å²) >= 11 is 0. The van der Waals surface area contributed by atoms with E-state index < -0.39 is 0 Å². The Balaban J connectivity index is 2.82. The van der Waals surface area contributed by atoms with Crippen LogP contribution >= 0.6 is 8.58 Å². The zero-order chi connectivity index (χ0) is 7.40. The van der Waals surface area contributed by atoms with Crippen molar-refractivity contribution in [2.75, 3.05) is 6.54 Å². The Labute approximate surface area is 62.4 Å². The molecule has 2 nitrogen and oxygen atoms in total.